The molecule has 3 aliphatic rings. The number of piperidine rings is 2. The highest BCUT2D eigenvalue weighted by atomic mass is 16.5. The molecule has 4 heterocycles. The van der Waals surface area contributed by atoms with E-state index < -0.39 is 0 Å². The van der Waals surface area contributed by atoms with Gasteiger partial charge in [-0.25, -0.2) is 9.97 Å². The van der Waals surface area contributed by atoms with E-state index in [1.807, 2.05) is 0 Å². The van der Waals surface area contributed by atoms with E-state index in [-0.39, 0.29) is 0 Å². The van der Waals surface area contributed by atoms with Crippen LogP contribution in [0.2, 0.25) is 0 Å². The number of rotatable bonds is 3. The van der Waals surface area contributed by atoms with Gasteiger partial charge < -0.3 is 14.5 Å². The van der Waals surface area contributed by atoms with Crippen molar-refractivity contribution in [2.24, 2.45) is 5.92 Å². The Kier molecular flexibility index (Phi) is 4.87. The summed E-state index contributed by atoms with van der Waals surface area (Å²) in [6.45, 7) is 5.30. The fourth-order valence-corrected chi connectivity index (χ4v) is 4.97. The Balaban J connectivity index is 1.42. The predicted octanol–water partition coefficient (Wildman–Crippen LogP) is 4.02. The van der Waals surface area contributed by atoms with Crippen molar-refractivity contribution in [2.75, 3.05) is 42.6 Å². The van der Waals surface area contributed by atoms with Crippen molar-refractivity contribution in [3.63, 3.8) is 0 Å². The van der Waals surface area contributed by atoms with Crippen LogP contribution in [0.25, 0.3) is 11.0 Å². The lowest BCUT2D eigenvalue weighted by atomic mass is 9.90. The third kappa shape index (κ3) is 3.49. The molecular weight excluding hydrogens is 336 g/mol. The van der Waals surface area contributed by atoms with Gasteiger partial charge in [-0.2, -0.15) is 0 Å². The molecule has 1 aromatic carbocycles. The molecule has 0 radical (unpaired) electrons. The maximum atomic E-state index is 5.96. The normalized spacial score (nSPS) is 24.7. The minimum atomic E-state index is 0.497. The topological polar surface area (TPSA) is 41.5 Å². The monoisotopic (exact) mass is 366 g/mol. The van der Waals surface area contributed by atoms with Gasteiger partial charge in [-0.15, -0.1) is 0 Å². The number of aromatic nitrogens is 2. The van der Waals surface area contributed by atoms with Crippen molar-refractivity contribution in [1.82, 2.24) is 9.97 Å². The van der Waals surface area contributed by atoms with Crippen LogP contribution in [-0.2, 0) is 4.74 Å². The number of nitrogens with zero attached hydrogens (tertiary/aromatic N) is 4. The minimum absolute atomic E-state index is 0.497. The van der Waals surface area contributed by atoms with Crippen LogP contribution in [-0.4, -0.2) is 48.9 Å². The number of fused-ring (bicyclic) bond motifs is 1. The smallest absolute Gasteiger partial charge is 0.172 e. The Bertz CT molecular complexity index is 775. The Morgan fingerprint density at radius 3 is 1.96 bits per heavy atom. The highest BCUT2D eigenvalue weighted by Crippen LogP contribution is 2.35. The van der Waals surface area contributed by atoms with E-state index in [2.05, 4.69) is 34.1 Å². The number of benzene rings is 1. The molecule has 0 bridgehead atoms. The fraction of sp³-hybridized carbons (Fsp3) is 0.636. The maximum absolute atomic E-state index is 5.96. The van der Waals surface area contributed by atoms with Crippen molar-refractivity contribution in [1.29, 1.82) is 0 Å². The molecule has 5 rings (SSSR count). The molecule has 144 valence electrons. The van der Waals surface area contributed by atoms with Crippen LogP contribution in [0.15, 0.2) is 24.3 Å². The van der Waals surface area contributed by atoms with Gasteiger partial charge in [-0.3, -0.25) is 0 Å². The van der Waals surface area contributed by atoms with E-state index in [1.54, 1.807) is 0 Å². The second-order valence-electron chi connectivity index (χ2n) is 8.28. The van der Waals surface area contributed by atoms with E-state index in [9.17, 15) is 0 Å². The largest absolute Gasteiger partial charge is 0.378 e. The summed E-state index contributed by atoms with van der Waals surface area (Å²) in [5.41, 5.74) is 2.02. The molecule has 0 aliphatic carbocycles. The molecule has 3 saturated heterocycles. The zero-order valence-corrected chi connectivity index (χ0v) is 16.1. The van der Waals surface area contributed by atoms with Crippen LogP contribution in [0, 0.1) is 5.92 Å². The zero-order valence-electron chi connectivity index (χ0n) is 16.1. The second-order valence-corrected chi connectivity index (χ2v) is 8.28. The van der Waals surface area contributed by atoms with E-state index in [1.165, 1.54) is 44.9 Å². The molecule has 0 amide bonds. The lowest BCUT2D eigenvalue weighted by Gasteiger charge is -2.37. The summed E-state index contributed by atoms with van der Waals surface area (Å²) in [5, 5.41) is 0. The average Bonchev–Trinajstić information content (AvgIpc) is 3.28. The first kappa shape index (κ1) is 17.2. The first-order chi connectivity index (χ1) is 13.4. The summed E-state index contributed by atoms with van der Waals surface area (Å²) < 4.78 is 5.96. The van der Waals surface area contributed by atoms with Crippen molar-refractivity contribution >= 4 is 22.7 Å². The lowest BCUT2D eigenvalue weighted by molar-refractivity contribution is 0.0531. The maximum Gasteiger partial charge on any atom is 0.172 e. The summed E-state index contributed by atoms with van der Waals surface area (Å²) in [5.74, 6) is 2.92. The second kappa shape index (κ2) is 7.63. The SMILES string of the molecule is c1ccc2nc(N3CCC(C4CCCO4)CC3)c(N3CCCCC3)nc2c1. The van der Waals surface area contributed by atoms with Gasteiger partial charge in [0.05, 0.1) is 17.1 Å². The number of hydrogen-bond acceptors (Lipinski definition) is 5. The first-order valence-electron chi connectivity index (χ1n) is 10.8. The van der Waals surface area contributed by atoms with Crippen molar-refractivity contribution in [2.45, 2.75) is 51.0 Å². The van der Waals surface area contributed by atoms with E-state index in [4.69, 9.17) is 14.7 Å². The van der Waals surface area contributed by atoms with E-state index in [0.717, 1.165) is 61.4 Å². The molecule has 5 nitrogen and oxygen atoms in total. The third-order valence-corrected chi connectivity index (χ3v) is 6.52. The average molecular weight is 367 g/mol. The third-order valence-electron chi connectivity index (χ3n) is 6.52. The standard InChI is InChI=1S/C22H30N4O/c1-4-12-25(13-5-1)21-22(24-19-8-3-2-7-18(19)23-21)26-14-10-17(11-15-26)20-9-6-16-27-20/h2-3,7-8,17,20H,1,4-6,9-16H2. The van der Waals surface area contributed by atoms with Crippen LogP contribution in [0.5, 0.6) is 0 Å². The molecule has 1 aromatic heterocycles. The van der Waals surface area contributed by atoms with Gasteiger partial charge in [0.15, 0.2) is 11.6 Å². The summed E-state index contributed by atoms with van der Waals surface area (Å²) in [7, 11) is 0. The zero-order chi connectivity index (χ0) is 18.1. The molecule has 0 spiro atoms. The van der Waals surface area contributed by atoms with Gasteiger partial charge in [-0.05, 0) is 63.0 Å². The Morgan fingerprint density at radius 1 is 0.741 bits per heavy atom. The number of ether oxygens (including phenoxy) is 1. The molecular formula is C22H30N4O. The molecule has 27 heavy (non-hydrogen) atoms. The van der Waals surface area contributed by atoms with Crippen molar-refractivity contribution in [3.05, 3.63) is 24.3 Å². The van der Waals surface area contributed by atoms with Crippen LogP contribution in [0.4, 0.5) is 11.6 Å². The lowest BCUT2D eigenvalue weighted by Crippen LogP contribution is -2.40. The Morgan fingerprint density at radius 2 is 1.37 bits per heavy atom. The highest BCUT2D eigenvalue weighted by Gasteiger charge is 2.31. The summed E-state index contributed by atoms with van der Waals surface area (Å²) in [4.78, 5) is 15.1. The van der Waals surface area contributed by atoms with Gasteiger partial charge in [0.25, 0.3) is 0 Å². The molecule has 3 fully saturated rings. The number of anilines is 2. The van der Waals surface area contributed by atoms with E-state index in [0.29, 0.717) is 6.10 Å². The van der Waals surface area contributed by atoms with Gasteiger partial charge in [-0.1, -0.05) is 12.1 Å². The minimum Gasteiger partial charge on any atom is -0.378 e. The molecule has 0 saturated carbocycles. The summed E-state index contributed by atoms with van der Waals surface area (Å²) >= 11 is 0. The molecule has 1 unspecified atom stereocenters. The Labute approximate surface area is 161 Å². The molecule has 1 atom stereocenters. The summed E-state index contributed by atoms with van der Waals surface area (Å²) in [6, 6.07) is 8.29. The summed E-state index contributed by atoms with van der Waals surface area (Å²) in [6.07, 6.45) is 9.25. The predicted molar refractivity (Wildman–Crippen MR) is 110 cm³/mol. The molecule has 0 N–H and O–H groups in total. The quantitative estimate of drug-likeness (QED) is 0.821. The number of hydrogen-bond donors (Lipinski definition) is 0. The Hall–Kier alpha value is -1.88. The van der Waals surface area contributed by atoms with Crippen molar-refractivity contribution in [3.8, 4) is 0 Å². The van der Waals surface area contributed by atoms with Gasteiger partial charge in [0.1, 0.15) is 0 Å². The van der Waals surface area contributed by atoms with Crippen LogP contribution < -0.4 is 9.80 Å². The van der Waals surface area contributed by atoms with Gasteiger partial charge in [0, 0.05) is 32.8 Å². The van der Waals surface area contributed by atoms with Crippen LogP contribution in [0.1, 0.15) is 44.9 Å². The van der Waals surface area contributed by atoms with Crippen molar-refractivity contribution < 1.29 is 4.74 Å². The fourth-order valence-electron chi connectivity index (χ4n) is 4.97. The highest BCUT2D eigenvalue weighted by molar-refractivity contribution is 5.81. The first-order valence-corrected chi connectivity index (χ1v) is 10.8. The molecule has 2 aromatic rings. The van der Waals surface area contributed by atoms with Gasteiger partial charge >= 0.3 is 0 Å². The number of para-hydroxylation sites is 2. The molecule has 3 aliphatic heterocycles. The van der Waals surface area contributed by atoms with Gasteiger partial charge in [0.2, 0.25) is 0 Å². The van der Waals surface area contributed by atoms with Crippen LogP contribution >= 0.6 is 0 Å². The van der Waals surface area contributed by atoms with E-state index >= 15 is 0 Å². The van der Waals surface area contributed by atoms with Crippen LogP contribution in [0.3, 0.4) is 0 Å². The molecule has 5 heteroatoms.